The number of carbonyl (C=O) groups is 1. The van der Waals surface area contributed by atoms with E-state index in [1.54, 1.807) is 19.1 Å². The van der Waals surface area contributed by atoms with Gasteiger partial charge in [-0.05, 0) is 19.4 Å². The Morgan fingerprint density at radius 1 is 1.30 bits per heavy atom. The second-order valence-corrected chi connectivity index (χ2v) is 4.99. The number of aryl methyl sites for hydroxylation is 1. The molecule has 0 aliphatic rings. The fourth-order valence-electron chi connectivity index (χ4n) is 2.26. The molecule has 0 atom stereocenters. The number of unbranched alkanes of at least 4 members (excludes halogenated alkanes) is 3. The van der Waals surface area contributed by atoms with Crippen LogP contribution < -0.4 is 5.32 Å². The van der Waals surface area contributed by atoms with E-state index in [0.29, 0.717) is 17.5 Å². The number of benzene rings is 1. The van der Waals surface area contributed by atoms with Crippen LogP contribution in [0.2, 0.25) is 0 Å². The Bertz CT molecular complexity index is 604. The summed E-state index contributed by atoms with van der Waals surface area (Å²) in [6, 6.07) is 4.71. The first-order chi connectivity index (χ1) is 9.65. The summed E-state index contributed by atoms with van der Waals surface area (Å²) in [5, 5.41) is 3.48. The van der Waals surface area contributed by atoms with Crippen molar-refractivity contribution in [1.29, 1.82) is 0 Å². The van der Waals surface area contributed by atoms with E-state index < -0.39 is 5.82 Å². The first kappa shape index (κ1) is 14.6. The lowest BCUT2D eigenvalue weighted by atomic mass is 10.1. The molecule has 1 N–H and O–H groups in total. The second-order valence-electron chi connectivity index (χ2n) is 4.99. The van der Waals surface area contributed by atoms with Crippen LogP contribution in [-0.2, 0) is 0 Å². The quantitative estimate of drug-likeness (QED) is 0.804. The number of hydrogen-bond donors (Lipinski definition) is 1. The third-order valence-electron chi connectivity index (χ3n) is 3.44. The van der Waals surface area contributed by atoms with Crippen molar-refractivity contribution in [2.45, 2.75) is 39.5 Å². The van der Waals surface area contributed by atoms with Gasteiger partial charge in [0.05, 0.1) is 0 Å². The number of hydrogen-bond acceptors (Lipinski definition) is 2. The molecule has 0 spiro atoms. The summed E-state index contributed by atoms with van der Waals surface area (Å²) in [6.07, 6.45) is 4.39. The van der Waals surface area contributed by atoms with Crippen molar-refractivity contribution in [2.75, 3.05) is 6.54 Å². The van der Waals surface area contributed by atoms with Gasteiger partial charge in [0.15, 0.2) is 17.2 Å². The van der Waals surface area contributed by atoms with Crippen molar-refractivity contribution in [1.82, 2.24) is 5.32 Å². The average molecular weight is 277 g/mol. The van der Waals surface area contributed by atoms with Gasteiger partial charge in [0.2, 0.25) is 0 Å². The van der Waals surface area contributed by atoms with Gasteiger partial charge in [-0.25, -0.2) is 4.39 Å². The molecule has 0 saturated heterocycles. The molecular weight excluding hydrogens is 257 g/mol. The van der Waals surface area contributed by atoms with Crippen LogP contribution in [0.3, 0.4) is 0 Å². The van der Waals surface area contributed by atoms with E-state index in [0.717, 1.165) is 19.3 Å². The van der Waals surface area contributed by atoms with E-state index in [1.165, 1.54) is 12.5 Å². The van der Waals surface area contributed by atoms with E-state index in [1.807, 2.05) is 0 Å². The third kappa shape index (κ3) is 3.00. The molecule has 3 nitrogen and oxygen atoms in total. The molecule has 1 aromatic carbocycles. The number of furan rings is 1. The van der Waals surface area contributed by atoms with Crippen molar-refractivity contribution < 1.29 is 13.6 Å². The number of para-hydroxylation sites is 1. The molecule has 2 rings (SSSR count). The SMILES string of the molecule is CCCCCCNC(=O)c1oc2c(F)cccc2c1C. The third-order valence-corrected chi connectivity index (χ3v) is 3.44. The summed E-state index contributed by atoms with van der Waals surface area (Å²) >= 11 is 0. The molecule has 20 heavy (non-hydrogen) atoms. The molecule has 0 radical (unpaired) electrons. The molecule has 0 saturated carbocycles. The van der Waals surface area contributed by atoms with Crippen LogP contribution in [0, 0.1) is 12.7 Å². The zero-order valence-corrected chi connectivity index (χ0v) is 12.0. The standard InChI is InChI=1S/C16H20FNO2/c1-3-4-5-6-10-18-16(19)14-11(2)12-8-7-9-13(17)15(12)20-14/h7-9H,3-6,10H2,1-2H3,(H,18,19). The normalized spacial score (nSPS) is 10.9. The molecule has 1 aromatic heterocycles. The highest BCUT2D eigenvalue weighted by Gasteiger charge is 2.18. The van der Waals surface area contributed by atoms with Crippen LogP contribution in [0.25, 0.3) is 11.0 Å². The second kappa shape index (κ2) is 6.55. The highest BCUT2D eigenvalue weighted by Crippen LogP contribution is 2.27. The lowest BCUT2D eigenvalue weighted by Gasteiger charge is -2.03. The fourth-order valence-corrected chi connectivity index (χ4v) is 2.26. The predicted molar refractivity (Wildman–Crippen MR) is 77.4 cm³/mol. The summed E-state index contributed by atoms with van der Waals surface area (Å²) in [4.78, 5) is 12.1. The number of nitrogens with one attached hydrogen (secondary N) is 1. The van der Waals surface area contributed by atoms with Gasteiger partial charge in [-0.2, -0.15) is 0 Å². The Kier molecular flexibility index (Phi) is 4.77. The Balaban J connectivity index is 2.07. The minimum atomic E-state index is -0.437. The zero-order valence-electron chi connectivity index (χ0n) is 12.0. The molecule has 0 aliphatic carbocycles. The van der Waals surface area contributed by atoms with Gasteiger partial charge in [-0.1, -0.05) is 38.3 Å². The largest absolute Gasteiger partial charge is 0.448 e. The molecule has 1 amide bonds. The smallest absolute Gasteiger partial charge is 0.287 e. The van der Waals surface area contributed by atoms with Crippen LogP contribution in [0.1, 0.15) is 48.7 Å². The Morgan fingerprint density at radius 3 is 2.80 bits per heavy atom. The van der Waals surface area contributed by atoms with Crippen molar-refractivity contribution in [3.05, 3.63) is 35.3 Å². The maximum absolute atomic E-state index is 13.6. The molecule has 108 valence electrons. The summed E-state index contributed by atoms with van der Waals surface area (Å²) in [5.74, 6) is -0.497. The summed E-state index contributed by atoms with van der Waals surface area (Å²) in [5.41, 5.74) is 0.840. The van der Waals surface area contributed by atoms with Crippen molar-refractivity contribution in [3.8, 4) is 0 Å². The number of carbonyl (C=O) groups excluding carboxylic acids is 1. The van der Waals surface area contributed by atoms with Gasteiger partial charge in [0.1, 0.15) is 0 Å². The number of halogens is 1. The minimum absolute atomic E-state index is 0.154. The van der Waals surface area contributed by atoms with Crippen LogP contribution in [0.15, 0.2) is 22.6 Å². The van der Waals surface area contributed by atoms with Gasteiger partial charge in [0, 0.05) is 17.5 Å². The predicted octanol–water partition coefficient (Wildman–Crippen LogP) is 4.19. The highest BCUT2D eigenvalue weighted by atomic mass is 19.1. The molecule has 0 aliphatic heterocycles. The number of fused-ring (bicyclic) bond motifs is 1. The van der Waals surface area contributed by atoms with Crippen LogP contribution in [0.4, 0.5) is 4.39 Å². The summed E-state index contributed by atoms with van der Waals surface area (Å²) in [6.45, 7) is 4.54. The summed E-state index contributed by atoms with van der Waals surface area (Å²) in [7, 11) is 0. The van der Waals surface area contributed by atoms with E-state index in [4.69, 9.17) is 4.42 Å². The van der Waals surface area contributed by atoms with Crippen LogP contribution in [-0.4, -0.2) is 12.5 Å². The molecule has 4 heteroatoms. The van der Waals surface area contributed by atoms with E-state index in [-0.39, 0.29) is 17.3 Å². The van der Waals surface area contributed by atoms with Crippen LogP contribution in [0.5, 0.6) is 0 Å². The van der Waals surface area contributed by atoms with Gasteiger partial charge >= 0.3 is 0 Å². The molecule has 1 heterocycles. The summed E-state index contributed by atoms with van der Waals surface area (Å²) < 4.78 is 19.0. The topological polar surface area (TPSA) is 42.2 Å². The molecule has 0 bridgehead atoms. The lowest BCUT2D eigenvalue weighted by molar-refractivity contribution is 0.0926. The van der Waals surface area contributed by atoms with Gasteiger partial charge in [-0.15, -0.1) is 0 Å². The minimum Gasteiger partial charge on any atom is -0.448 e. The Labute approximate surface area is 118 Å². The maximum atomic E-state index is 13.6. The lowest BCUT2D eigenvalue weighted by Crippen LogP contribution is -2.24. The van der Waals surface area contributed by atoms with E-state index >= 15 is 0 Å². The molecule has 0 unspecified atom stereocenters. The average Bonchev–Trinajstić information content (AvgIpc) is 2.78. The monoisotopic (exact) mass is 277 g/mol. The first-order valence-corrected chi connectivity index (χ1v) is 7.11. The van der Waals surface area contributed by atoms with E-state index in [9.17, 15) is 9.18 Å². The Morgan fingerprint density at radius 2 is 2.10 bits per heavy atom. The Hall–Kier alpha value is -1.84. The number of rotatable bonds is 6. The number of amides is 1. The molecular formula is C16H20FNO2. The highest BCUT2D eigenvalue weighted by molar-refractivity contribution is 5.98. The first-order valence-electron chi connectivity index (χ1n) is 7.11. The van der Waals surface area contributed by atoms with Crippen molar-refractivity contribution >= 4 is 16.9 Å². The van der Waals surface area contributed by atoms with Gasteiger partial charge < -0.3 is 9.73 Å². The van der Waals surface area contributed by atoms with Crippen molar-refractivity contribution in [2.24, 2.45) is 0 Å². The van der Waals surface area contributed by atoms with Gasteiger partial charge in [0.25, 0.3) is 5.91 Å². The zero-order chi connectivity index (χ0) is 14.5. The molecule has 0 fully saturated rings. The van der Waals surface area contributed by atoms with E-state index in [2.05, 4.69) is 12.2 Å². The van der Waals surface area contributed by atoms with Gasteiger partial charge in [-0.3, -0.25) is 4.79 Å². The van der Waals surface area contributed by atoms with Crippen molar-refractivity contribution in [3.63, 3.8) is 0 Å². The van der Waals surface area contributed by atoms with Crippen LogP contribution >= 0.6 is 0 Å². The molecule has 2 aromatic rings. The fraction of sp³-hybridized carbons (Fsp3) is 0.438. The maximum Gasteiger partial charge on any atom is 0.287 e.